The predicted molar refractivity (Wildman–Crippen MR) is 84.8 cm³/mol. The lowest BCUT2D eigenvalue weighted by Crippen LogP contribution is -2.35. The van der Waals surface area contributed by atoms with Gasteiger partial charge in [-0.15, -0.1) is 0 Å². The molecule has 3 atom stereocenters. The third-order valence-electron chi connectivity index (χ3n) is 5.78. The zero-order chi connectivity index (χ0) is 16.3. The highest BCUT2D eigenvalue weighted by Gasteiger charge is 2.70. The van der Waals surface area contributed by atoms with Gasteiger partial charge in [0.1, 0.15) is 0 Å². The molecule has 5 heteroatoms. The molecule has 0 saturated heterocycles. The lowest BCUT2D eigenvalue weighted by molar-refractivity contribution is -0.125. The van der Waals surface area contributed by atoms with E-state index < -0.39 is 32.1 Å². The van der Waals surface area contributed by atoms with E-state index >= 15 is 0 Å². The van der Waals surface area contributed by atoms with Gasteiger partial charge in [0.2, 0.25) is 0 Å². The predicted octanol–water partition coefficient (Wildman–Crippen LogP) is 2.96. The van der Waals surface area contributed by atoms with E-state index in [4.69, 9.17) is 0 Å². The molecule has 3 unspecified atom stereocenters. The summed E-state index contributed by atoms with van der Waals surface area (Å²) in [4.78, 5) is 12.8. The molecule has 0 amide bonds. The van der Waals surface area contributed by atoms with Crippen LogP contribution in [-0.4, -0.2) is 24.0 Å². The van der Waals surface area contributed by atoms with E-state index in [0.717, 1.165) is 5.56 Å². The maximum absolute atomic E-state index is 12.8. The molecule has 3 rings (SSSR count). The minimum Gasteiger partial charge on any atom is -0.294 e. The summed E-state index contributed by atoms with van der Waals surface area (Å²) in [5, 5.41) is -0.903. The SMILES string of the molecule is CC12CC(S(=O)(=O)O)C(C(=Cc3ccccc3)C1=O)C2(C)C. The molecule has 1 N–H and O–H groups in total. The number of Topliss-reactive ketones (excluding diaryl/α,β-unsaturated/α-hetero) is 1. The summed E-state index contributed by atoms with van der Waals surface area (Å²) in [6, 6.07) is 9.39. The van der Waals surface area contributed by atoms with E-state index in [1.807, 2.05) is 51.1 Å². The molecule has 0 heterocycles. The Labute approximate surface area is 131 Å². The Balaban J connectivity index is 2.17. The third-order valence-corrected chi connectivity index (χ3v) is 6.99. The molecule has 2 aliphatic carbocycles. The van der Waals surface area contributed by atoms with Crippen LogP contribution in [0.5, 0.6) is 0 Å². The molecule has 4 nitrogen and oxygen atoms in total. The molecule has 0 aromatic heterocycles. The molecule has 0 aliphatic heterocycles. The van der Waals surface area contributed by atoms with Crippen molar-refractivity contribution in [3.8, 4) is 0 Å². The highest BCUT2D eigenvalue weighted by Crippen LogP contribution is 2.67. The minimum atomic E-state index is -4.18. The average Bonchev–Trinajstić information content (AvgIpc) is 2.71. The molecule has 118 valence electrons. The Kier molecular flexibility index (Phi) is 3.17. The van der Waals surface area contributed by atoms with E-state index in [9.17, 15) is 17.8 Å². The standard InChI is InChI=1S/C17H20O4S/c1-16(2)14-12(9-11-7-5-4-6-8-11)15(18)17(16,3)10-13(14)22(19,20)21/h4-9,13-14H,10H2,1-3H3,(H,19,20,21). The van der Waals surface area contributed by atoms with Crippen molar-refractivity contribution >= 4 is 22.0 Å². The second-order valence-corrected chi connectivity index (χ2v) is 8.76. The lowest BCUT2D eigenvalue weighted by atomic mass is 9.70. The molecule has 1 aromatic carbocycles. The summed E-state index contributed by atoms with van der Waals surface area (Å²) in [7, 11) is -4.18. The summed E-state index contributed by atoms with van der Waals surface area (Å²) < 4.78 is 33.1. The molecule has 2 fully saturated rings. The number of rotatable bonds is 2. The Bertz CT molecular complexity index is 761. The largest absolute Gasteiger partial charge is 0.294 e. The number of hydrogen-bond donors (Lipinski definition) is 1. The number of ketones is 1. The summed E-state index contributed by atoms with van der Waals surface area (Å²) >= 11 is 0. The zero-order valence-corrected chi connectivity index (χ0v) is 13.7. The fraction of sp³-hybridized carbons (Fsp3) is 0.471. The number of fused-ring (bicyclic) bond motifs is 2. The van der Waals surface area contributed by atoms with Gasteiger partial charge in [-0.3, -0.25) is 9.35 Å². The molecule has 2 aliphatic rings. The number of carbonyl (C=O) groups is 1. The number of hydrogen-bond acceptors (Lipinski definition) is 3. The van der Waals surface area contributed by atoms with Crippen LogP contribution in [0.15, 0.2) is 35.9 Å². The molecule has 0 spiro atoms. The second-order valence-electron chi connectivity index (χ2n) is 7.13. The third kappa shape index (κ3) is 1.92. The van der Waals surface area contributed by atoms with Crippen LogP contribution in [0.3, 0.4) is 0 Å². The first-order valence-electron chi connectivity index (χ1n) is 7.37. The van der Waals surface area contributed by atoms with Gasteiger partial charge >= 0.3 is 0 Å². The van der Waals surface area contributed by atoms with E-state index in [1.165, 1.54) is 0 Å². The second kappa shape index (κ2) is 4.52. The highest BCUT2D eigenvalue weighted by atomic mass is 32.2. The minimum absolute atomic E-state index is 0.00579. The van der Waals surface area contributed by atoms with Crippen LogP contribution in [0.2, 0.25) is 0 Å². The fourth-order valence-corrected chi connectivity index (χ4v) is 5.56. The first kappa shape index (κ1) is 15.4. The Morgan fingerprint density at radius 2 is 1.77 bits per heavy atom. The Morgan fingerprint density at radius 3 is 2.27 bits per heavy atom. The van der Waals surface area contributed by atoms with Crippen LogP contribution >= 0.6 is 0 Å². The van der Waals surface area contributed by atoms with E-state index in [1.54, 1.807) is 6.08 Å². The van der Waals surface area contributed by atoms with Gasteiger partial charge in [-0.2, -0.15) is 8.42 Å². The van der Waals surface area contributed by atoms with Gasteiger partial charge in [-0.1, -0.05) is 51.1 Å². The Morgan fingerprint density at radius 1 is 1.18 bits per heavy atom. The van der Waals surface area contributed by atoms with Crippen molar-refractivity contribution in [3.05, 3.63) is 41.5 Å². The maximum atomic E-state index is 12.8. The molecule has 2 bridgehead atoms. The summed E-state index contributed by atoms with van der Waals surface area (Å²) in [6.45, 7) is 5.67. The number of benzene rings is 1. The molecular formula is C17H20O4S. The summed E-state index contributed by atoms with van der Waals surface area (Å²) in [5.41, 5.74) is 0.142. The van der Waals surface area contributed by atoms with Gasteiger partial charge in [0, 0.05) is 16.9 Å². The van der Waals surface area contributed by atoms with E-state index in [-0.39, 0.29) is 12.2 Å². The fourth-order valence-electron chi connectivity index (χ4n) is 4.19. The first-order valence-corrected chi connectivity index (χ1v) is 8.87. The molecule has 2 saturated carbocycles. The van der Waals surface area contributed by atoms with Crippen molar-refractivity contribution < 1.29 is 17.8 Å². The van der Waals surface area contributed by atoms with Crippen LogP contribution in [0, 0.1) is 16.7 Å². The normalized spacial score (nSPS) is 35.3. The smallest absolute Gasteiger partial charge is 0.268 e. The van der Waals surface area contributed by atoms with E-state index in [0.29, 0.717) is 5.57 Å². The first-order chi connectivity index (χ1) is 10.1. The molecular weight excluding hydrogens is 300 g/mol. The number of carbonyl (C=O) groups excluding carboxylic acids is 1. The van der Waals surface area contributed by atoms with Gasteiger partial charge in [-0.25, -0.2) is 0 Å². The van der Waals surface area contributed by atoms with E-state index in [2.05, 4.69) is 0 Å². The monoisotopic (exact) mass is 320 g/mol. The van der Waals surface area contributed by atoms with Gasteiger partial charge in [-0.05, 0) is 23.5 Å². The molecule has 22 heavy (non-hydrogen) atoms. The van der Waals surface area contributed by atoms with Gasteiger partial charge in [0.15, 0.2) is 5.78 Å². The highest BCUT2D eigenvalue weighted by molar-refractivity contribution is 7.86. The molecule has 0 radical (unpaired) electrons. The summed E-state index contributed by atoms with van der Waals surface area (Å²) in [6.07, 6.45) is 1.96. The quantitative estimate of drug-likeness (QED) is 0.672. The van der Waals surface area contributed by atoms with Crippen molar-refractivity contribution in [3.63, 3.8) is 0 Å². The van der Waals surface area contributed by atoms with Crippen molar-refractivity contribution in [2.75, 3.05) is 0 Å². The van der Waals surface area contributed by atoms with Gasteiger partial charge in [0.25, 0.3) is 10.1 Å². The van der Waals surface area contributed by atoms with Crippen molar-refractivity contribution in [2.45, 2.75) is 32.4 Å². The topological polar surface area (TPSA) is 71.4 Å². The van der Waals surface area contributed by atoms with Crippen LogP contribution in [-0.2, 0) is 14.9 Å². The maximum Gasteiger partial charge on any atom is 0.268 e. The van der Waals surface area contributed by atoms with Crippen molar-refractivity contribution in [2.24, 2.45) is 16.7 Å². The van der Waals surface area contributed by atoms with Crippen molar-refractivity contribution in [1.29, 1.82) is 0 Å². The lowest BCUT2D eigenvalue weighted by Gasteiger charge is -2.31. The van der Waals surface area contributed by atoms with Crippen LogP contribution in [0.1, 0.15) is 32.8 Å². The number of allylic oxidation sites excluding steroid dienone is 1. The average molecular weight is 320 g/mol. The summed E-state index contributed by atoms with van der Waals surface area (Å²) in [5.74, 6) is -0.466. The molecule has 1 aromatic rings. The zero-order valence-electron chi connectivity index (χ0n) is 12.9. The van der Waals surface area contributed by atoms with Crippen molar-refractivity contribution in [1.82, 2.24) is 0 Å². The van der Waals surface area contributed by atoms with Crippen LogP contribution in [0.4, 0.5) is 0 Å². The van der Waals surface area contributed by atoms with Crippen LogP contribution in [0.25, 0.3) is 6.08 Å². The van der Waals surface area contributed by atoms with Gasteiger partial charge < -0.3 is 0 Å². The Hall–Kier alpha value is -1.46. The van der Waals surface area contributed by atoms with Gasteiger partial charge in [0.05, 0.1) is 5.25 Å². The van der Waals surface area contributed by atoms with Crippen LogP contribution < -0.4 is 0 Å².